The van der Waals surface area contributed by atoms with Crippen molar-refractivity contribution in [2.45, 2.75) is 46.4 Å². The highest BCUT2D eigenvalue weighted by Crippen LogP contribution is 2.15. The van der Waals surface area contributed by atoms with Gasteiger partial charge in [0.2, 0.25) is 5.78 Å². The van der Waals surface area contributed by atoms with E-state index in [2.05, 4.69) is 52.3 Å². The Labute approximate surface area is 119 Å². The molecule has 0 bridgehead atoms. The van der Waals surface area contributed by atoms with Gasteiger partial charge in [0.15, 0.2) is 0 Å². The SMILES string of the molecule is Cc1cc(C)n2cc(CN3CC(C)OC(C)C3)nc2n1. The van der Waals surface area contributed by atoms with Crippen molar-refractivity contribution in [1.29, 1.82) is 0 Å². The quantitative estimate of drug-likeness (QED) is 0.839. The van der Waals surface area contributed by atoms with Crippen molar-refractivity contribution in [1.82, 2.24) is 19.3 Å². The predicted octanol–water partition coefficient (Wildman–Crippen LogP) is 1.96. The monoisotopic (exact) mass is 274 g/mol. The smallest absolute Gasteiger partial charge is 0.234 e. The Bertz CT molecular complexity index is 612. The van der Waals surface area contributed by atoms with Gasteiger partial charge in [-0.1, -0.05) is 0 Å². The zero-order valence-electron chi connectivity index (χ0n) is 12.6. The molecular formula is C15H22N4O. The molecule has 1 aliphatic heterocycles. The summed E-state index contributed by atoms with van der Waals surface area (Å²) in [5.74, 6) is 0.798. The van der Waals surface area contributed by atoms with Crippen molar-refractivity contribution in [2.75, 3.05) is 13.1 Å². The van der Waals surface area contributed by atoms with E-state index >= 15 is 0 Å². The second-order valence-corrected chi connectivity index (χ2v) is 5.89. The Morgan fingerprint density at radius 2 is 1.90 bits per heavy atom. The fraction of sp³-hybridized carbons (Fsp3) is 0.600. The van der Waals surface area contributed by atoms with Crippen LogP contribution < -0.4 is 0 Å². The van der Waals surface area contributed by atoms with Gasteiger partial charge in [0.25, 0.3) is 0 Å². The average molecular weight is 274 g/mol. The number of rotatable bonds is 2. The van der Waals surface area contributed by atoms with Crippen LogP contribution in [-0.4, -0.2) is 44.6 Å². The summed E-state index contributed by atoms with van der Waals surface area (Å²) in [6.45, 7) is 11.1. The normalized spacial score (nSPS) is 24.4. The van der Waals surface area contributed by atoms with Gasteiger partial charge in [-0.25, -0.2) is 9.97 Å². The van der Waals surface area contributed by atoms with Crippen molar-refractivity contribution >= 4 is 5.78 Å². The van der Waals surface area contributed by atoms with Gasteiger partial charge in [-0.3, -0.25) is 9.30 Å². The molecule has 0 radical (unpaired) electrons. The maximum atomic E-state index is 5.77. The van der Waals surface area contributed by atoms with Crippen LogP contribution in [0.3, 0.4) is 0 Å². The number of hydrogen-bond acceptors (Lipinski definition) is 4. The maximum absolute atomic E-state index is 5.77. The summed E-state index contributed by atoms with van der Waals surface area (Å²) >= 11 is 0. The van der Waals surface area contributed by atoms with Crippen LogP contribution in [0.2, 0.25) is 0 Å². The van der Waals surface area contributed by atoms with Crippen LogP contribution in [0.25, 0.3) is 5.78 Å². The summed E-state index contributed by atoms with van der Waals surface area (Å²) in [5.41, 5.74) is 3.27. The highest BCUT2D eigenvalue weighted by Gasteiger charge is 2.22. The molecule has 0 amide bonds. The Hall–Kier alpha value is -1.46. The molecule has 20 heavy (non-hydrogen) atoms. The molecule has 0 aromatic carbocycles. The number of aromatic nitrogens is 3. The first-order chi connectivity index (χ1) is 9.51. The zero-order chi connectivity index (χ0) is 14.3. The van der Waals surface area contributed by atoms with Gasteiger partial charge >= 0.3 is 0 Å². The second kappa shape index (κ2) is 5.14. The number of ether oxygens (including phenoxy) is 1. The summed E-state index contributed by atoms with van der Waals surface area (Å²) in [6.07, 6.45) is 2.68. The second-order valence-electron chi connectivity index (χ2n) is 5.89. The van der Waals surface area contributed by atoms with Crippen LogP contribution in [0.4, 0.5) is 0 Å². The topological polar surface area (TPSA) is 42.7 Å². The minimum Gasteiger partial charge on any atom is -0.373 e. The molecule has 2 aromatic rings. The standard InChI is InChI=1S/C15H22N4O/c1-10-5-11(2)19-9-14(17-15(19)16-10)8-18-6-12(3)20-13(4)7-18/h5,9,12-13H,6-8H2,1-4H3. The highest BCUT2D eigenvalue weighted by atomic mass is 16.5. The van der Waals surface area contributed by atoms with Crippen molar-refractivity contribution in [3.63, 3.8) is 0 Å². The van der Waals surface area contributed by atoms with E-state index in [-0.39, 0.29) is 12.2 Å². The predicted molar refractivity (Wildman–Crippen MR) is 77.7 cm³/mol. The van der Waals surface area contributed by atoms with Gasteiger partial charge in [0.05, 0.1) is 17.9 Å². The number of aryl methyl sites for hydroxylation is 2. The Balaban J connectivity index is 1.82. The van der Waals surface area contributed by atoms with Crippen LogP contribution in [0.5, 0.6) is 0 Å². The van der Waals surface area contributed by atoms with Crippen LogP contribution in [0, 0.1) is 13.8 Å². The lowest BCUT2D eigenvalue weighted by Crippen LogP contribution is -2.44. The summed E-state index contributed by atoms with van der Waals surface area (Å²) in [7, 11) is 0. The third-order valence-electron chi connectivity index (χ3n) is 3.69. The summed E-state index contributed by atoms with van der Waals surface area (Å²) in [4.78, 5) is 11.5. The van der Waals surface area contributed by atoms with E-state index in [0.717, 1.165) is 36.8 Å². The van der Waals surface area contributed by atoms with Crippen LogP contribution in [0.1, 0.15) is 30.9 Å². The van der Waals surface area contributed by atoms with Gasteiger partial charge in [0.1, 0.15) is 0 Å². The van der Waals surface area contributed by atoms with Crippen LogP contribution >= 0.6 is 0 Å². The van der Waals surface area contributed by atoms with Gasteiger partial charge in [-0.15, -0.1) is 0 Å². The molecule has 3 heterocycles. The Kier molecular flexibility index (Phi) is 3.48. The number of nitrogens with zero attached hydrogens (tertiary/aromatic N) is 4. The first-order valence-corrected chi connectivity index (χ1v) is 7.21. The maximum Gasteiger partial charge on any atom is 0.234 e. The molecular weight excluding hydrogens is 252 g/mol. The van der Waals surface area contributed by atoms with E-state index in [9.17, 15) is 0 Å². The lowest BCUT2D eigenvalue weighted by molar-refractivity contribution is -0.0707. The lowest BCUT2D eigenvalue weighted by Gasteiger charge is -2.34. The molecule has 1 saturated heterocycles. The Morgan fingerprint density at radius 3 is 2.60 bits per heavy atom. The van der Waals surface area contributed by atoms with E-state index in [1.165, 1.54) is 5.69 Å². The van der Waals surface area contributed by atoms with Crippen molar-refractivity contribution in [3.8, 4) is 0 Å². The van der Waals surface area contributed by atoms with Crippen molar-refractivity contribution in [2.24, 2.45) is 0 Å². The third kappa shape index (κ3) is 2.69. The molecule has 108 valence electrons. The van der Waals surface area contributed by atoms with E-state index in [0.29, 0.717) is 0 Å². The number of hydrogen-bond donors (Lipinski definition) is 0. The zero-order valence-corrected chi connectivity index (χ0v) is 12.6. The number of fused-ring (bicyclic) bond motifs is 1. The highest BCUT2D eigenvalue weighted by molar-refractivity contribution is 5.34. The molecule has 1 fully saturated rings. The molecule has 0 saturated carbocycles. The molecule has 0 N–H and O–H groups in total. The minimum absolute atomic E-state index is 0.290. The molecule has 5 heteroatoms. The third-order valence-corrected chi connectivity index (χ3v) is 3.69. The molecule has 3 rings (SSSR count). The van der Waals surface area contributed by atoms with E-state index in [1.807, 2.05) is 6.92 Å². The van der Waals surface area contributed by atoms with Crippen molar-refractivity contribution in [3.05, 3.63) is 29.3 Å². The van der Waals surface area contributed by atoms with Gasteiger partial charge in [-0.05, 0) is 33.8 Å². The Morgan fingerprint density at radius 1 is 1.20 bits per heavy atom. The largest absolute Gasteiger partial charge is 0.373 e. The fourth-order valence-electron chi connectivity index (χ4n) is 3.04. The molecule has 0 spiro atoms. The lowest BCUT2D eigenvalue weighted by atomic mass is 10.2. The van der Waals surface area contributed by atoms with E-state index in [4.69, 9.17) is 4.74 Å². The molecule has 2 unspecified atom stereocenters. The molecule has 0 aliphatic carbocycles. The van der Waals surface area contributed by atoms with Gasteiger partial charge in [0, 0.05) is 37.2 Å². The van der Waals surface area contributed by atoms with Gasteiger partial charge < -0.3 is 4.74 Å². The summed E-state index contributed by atoms with van der Waals surface area (Å²) in [6, 6.07) is 2.08. The number of imidazole rings is 1. The first kappa shape index (κ1) is 13.5. The van der Waals surface area contributed by atoms with E-state index < -0.39 is 0 Å². The molecule has 1 aliphatic rings. The summed E-state index contributed by atoms with van der Waals surface area (Å²) in [5, 5.41) is 0. The first-order valence-electron chi connectivity index (χ1n) is 7.21. The number of morpholine rings is 1. The van der Waals surface area contributed by atoms with Crippen LogP contribution in [-0.2, 0) is 11.3 Å². The molecule has 5 nitrogen and oxygen atoms in total. The molecule has 2 atom stereocenters. The van der Waals surface area contributed by atoms with E-state index in [1.54, 1.807) is 0 Å². The average Bonchev–Trinajstić information content (AvgIpc) is 2.70. The van der Waals surface area contributed by atoms with Gasteiger partial charge in [-0.2, -0.15) is 0 Å². The molecule has 2 aromatic heterocycles. The summed E-state index contributed by atoms with van der Waals surface area (Å²) < 4.78 is 7.83. The van der Waals surface area contributed by atoms with Crippen molar-refractivity contribution < 1.29 is 4.74 Å². The van der Waals surface area contributed by atoms with Crippen LogP contribution in [0.15, 0.2) is 12.3 Å². The fourth-order valence-corrected chi connectivity index (χ4v) is 3.04. The minimum atomic E-state index is 0.290.